The summed E-state index contributed by atoms with van der Waals surface area (Å²) in [4.78, 5) is 14.4. The first-order valence-corrected chi connectivity index (χ1v) is 10.2. The highest BCUT2D eigenvalue weighted by atomic mass is 32.2. The number of aliphatic hydroxyl groups is 1. The van der Waals surface area contributed by atoms with Gasteiger partial charge in [0.1, 0.15) is 5.75 Å². The van der Waals surface area contributed by atoms with Crippen molar-refractivity contribution in [2.24, 2.45) is 0 Å². The number of ether oxygens (including phenoxy) is 2. The van der Waals surface area contributed by atoms with Crippen LogP contribution in [0.3, 0.4) is 0 Å². The Bertz CT molecular complexity index is 751. The molecule has 9 nitrogen and oxygen atoms in total. The molecule has 1 aliphatic rings. The number of morpholine rings is 1. The second-order valence-corrected chi connectivity index (χ2v) is 8.39. The third-order valence-corrected chi connectivity index (χ3v) is 6.03. The van der Waals surface area contributed by atoms with E-state index >= 15 is 0 Å². The maximum absolute atomic E-state index is 12.8. The first-order valence-electron chi connectivity index (χ1n) is 8.76. The molecule has 27 heavy (non-hydrogen) atoms. The summed E-state index contributed by atoms with van der Waals surface area (Å²) in [6.07, 6.45) is 0.404. The summed E-state index contributed by atoms with van der Waals surface area (Å²) in [6, 6.07) is 3.73. The maximum Gasteiger partial charge on any atom is 0.322 e. The van der Waals surface area contributed by atoms with Crippen molar-refractivity contribution in [3.63, 3.8) is 0 Å². The largest absolute Gasteiger partial charge is 0.492 e. The second kappa shape index (κ2) is 9.36. The van der Waals surface area contributed by atoms with E-state index in [0.29, 0.717) is 38.5 Å². The molecule has 1 fully saturated rings. The van der Waals surface area contributed by atoms with E-state index in [9.17, 15) is 18.3 Å². The van der Waals surface area contributed by atoms with Gasteiger partial charge in [0, 0.05) is 27.2 Å². The van der Waals surface area contributed by atoms with Gasteiger partial charge in [-0.25, -0.2) is 17.5 Å². The van der Waals surface area contributed by atoms with Crippen LogP contribution in [-0.2, 0) is 14.8 Å². The third kappa shape index (κ3) is 5.10. The number of carbonyl (C=O) groups is 1. The molecule has 0 aromatic heterocycles. The van der Waals surface area contributed by atoms with Crippen LogP contribution in [0.15, 0.2) is 23.1 Å². The van der Waals surface area contributed by atoms with Crippen molar-refractivity contribution >= 4 is 21.7 Å². The van der Waals surface area contributed by atoms with Gasteiger partial charge in [0.2, 0.25) is 10.0 Å². The Labute approximate surface area is 159 Å². The molecule has 2 rings (SSSR count). The summed E-state index contributed by atoms with van der Waals surface area (Å²) in [5, 5.41) is 11.9. The SMILES string of the molecule is CCOc1ccc(S(=O)(=O)N(C)C)cc1NC(=O)N1CCOC[C@H]1CCO. The molecular weight excluding hydrogens is 374 g/mol. The zero-order valence-electron chi connectivity index (χ0n) is 15.8. The molecule has 0 unspecified atom stereocenters. The molecule has 0 saturated carbocycles. The molecule has 1 aliphatic heterocycles. The molecule has 152 valence electrons. The summed E-state index contributed by atoms with van der Waals surface area (Å²) in [6.45, 7) is 3.25. The molecule has 0 radical (unpaired) electrons. The van der Waals surface area contributed by atoms with E-state index in [1.807, 2.05) is 0 Å². The standard InChI is InChI=1S/C17H27N3O6S/c1-4-26-16-6-5-14(27(23,24)19(2)3)11-15(16)18-17(22)20-8-10-25-12-13(20)7-9-21/h5-6,11,13,21H,4,7-10,12H2,1-3H3,(H,18,22)/t13-/m1/s1. The zero-order valence-corrected chi connectivity index (χ0v) is 16.7. The number of benzene rings is 1. The van der Waals surface area contributed by atoms with Crippen molar-refractivity contribution in [3.8, 4) is 5.75 Å². The fourth-order valence-corrected chi connectivity index (χ4v) is 3.69. The number of amides is 2. The Morgan fingerprint density at radius 2 is 2.19 bits per heavy atom. The van der Waals surface area contributed by atoms with E-state index in [0.717, 1.165) is 4.31 Å². The molecule has 0 aliphatic carbocycles. The van der Waals surface area contributed by atoms with Gasteiger partial charge in [-0.3, -0.25) is 0 Å². The third-order valence-electron chi connectivity index (χ3n) is 4.22. The van der Waals surface area contributed by atoms with Gasteiger partial charge in [-0.15, -0.1) is 0 Å². The van der Waals surface area contributed by atoms with Crippen LogP contribution in [0.25, 0.3) is 0 Å². The fraction of sp³-hybridized carbons (Fsp3) is 0.588. The Morgan fingerprint density at radius 1 is 1.44 bits per heavy atom. The molecule has 1 aromatic rings. The summed E-state index contributed by atoms with van der Waals surface area (Å²) in [7, 11) is -0.768. The summed E-state index contributed by atoms with van der Waals surface area (Å²) < 4.78 is 36.8. The highest BCUT2D eigenvalue weighted by Crippen LogP contribution is 2.29. The van der Waals surface area contributed by atoms with Gasteiger partial charge in [-0.2, -0.15) is 0 Å². The summed E-state index contributed by atoms with van der Waals surface area (Å²) in [5.74, 6) is 0.385. The van der Waals surface area contributed by atoms with E-state index < -0.39 is 16.1 Å². The number of urea groups is 1. The van der Waals surface area contributed by atoms with Gasteiger partial charge in [0.25, 0.3) is 0 Å². The predicted octanol–water partition coefficient (Wildman–Crippen LogP) is 0.951. The smallest absolute Gasteiger partial charge is 0.322 e. The average Bonchev–Trinajstić information content (AvgIpc) is 2.63. The van der Waals surface area contributed by atoms with Gasteiger partial charge >= 0.3 is 6.03 Å². The van der Waals surface area contributed by atoms with E-state index in [2.05, 4.69) is 5.32 Å². The highest BCUT2D eigenvalue weighted by Gasteiger charge is 2.28. The minimum absolute atomic E-state index is 0.0557. The van der Waals surface area contributed by atoms with Crippen LogP contribution in [0.5, 0.6) is 5.75 Å². The second-order valence-electron chi connectivity index (χ2n) is 6.24. The molecule has 0 spiro atoms. The van der Waals surface area contributed by atoms with Crippen LogP contribution >= 0.6 is 0 Å². The van der Waals surface area contributed by atoms with Crippen LogP contribution in [-0.4, -0.2) is 81.9 Å². The molecule has 1 aromatic carbocycles. The molecule has 1 atom stereocenters. The lowest BCUT2D eigenvalue weighted by Gasteiger charge is -2.35. The number of carbonyl (C=O) groups excluding carboxylic acids is 1. The van der Waals surface area contributed by atoms with Crippen molar-refractivity contribution < 1.29 is 27.8 Å². The molecule has 0 bridgehead atoms. The first-order chi connectivity index (χ1) is 12.8. The molecule has 1 saturated heterocycles. The van der Waals surface area contributed by atoms with Gasteiger partial charge in [0.05, 0.1) is 36.4 Å². The molecule has 2 N–H and O–H groups in total. The van der Waals surface area contributed by atoms with Crippen molar-refractivity contribution in [2.75, 3.05) is 52.4 Å². The minimum Gasteiger partial charge on any atom is -0.492 e. The minimum atomic E-state index is -3.65. The van der Waals surface area contributed by atoms with Crippen LogP contribution in [0.1, 0.15) is 13.3 Å². The lowest BCUT2D eigenvalue weighted by atomic mass is 10.2. The normalized spacial score (nSPS) is 17.8. The van der Waals surface area contributed by atoms with Gasteiger partial charge in [-0.05, 0) is 31.5 Å². The lowest BCUT2D eigenvalue weighted by molar-refractivity contribution is 0.00727. The van der Waals surface area contributed by atoms with Crippen LogP contribution < -0.4 is 10.1 Å². The molecular formula is C17H27N3O6S. The maximum atomic E-state index is 12.8. The fourth-order valence-electron chi connectivity index (χ4n) is 2.76. The van der Waals surface area contributed by atoms with E-state index in [-0.39, 0.29) is 23.2 Å². The Morgan fingerprint density at radius 3 is 2.81 bits per heavy atom. The number of nitrogens with zero attached hydrogens (tertiary/aromatic N) is 2. The van der Waals surface area contributed by atoms with Crippen LogP contribution in [0.2, 0.25) is 0 Å². The topological polar surface area (TPSA) is 108 Å². The van der Waals surface area contributed by atoms with Crippen molar-refractivity contribution in [1.29, 1.82) is 0 Å². The number of nitrogens with one attached hydrogen (secondary N) is 1. The van der Waals surface area contributed by atoms with E-state index in [1.165, 1.54) is 32.3 Å². The Kier molecular flexibility index (Phi) is 7.42. The van der Waals surface area contributed by atoms with Gasteiger partial charge in [0.15, 0.2) is 0 Å². The van der Waals surface area contributed by atoms with Gasteiger partial charge < -0.3 is 24.8 Å². The van der Waals surface area contributed by atoms with Crippen molar-refractivity contribution in [2.45, 2.75) is 24.3 Å². The van der Waals surface area contributed by atoms with Gasteiger partial charge in [-0.1, -0.05) is 0 Å². The summed E-state index contributed by atoms with van der Waals surface area (Å²) >= 11 is 0. The monoisotopic (exact) mass is 401 g/mol. The van der Waals surface area contributed by atoms with E-state index in [4.69, 9.17) is 9.47 Å². The average molecular weight is 401 g/mol. The van der Waals surface area contributed by atoms with E-state index in [1.54, 1.807) is 11.8 Å². The molecule has 10 heteroatoms. The number of anilines is 1. The quantitative estimate of drug-likeness (QED) is 0.704. The van der Waals surface area contributed by atoms with Crippen molar-refractivity contribution in [1.82, 2.24) is 9.21 Å². The number of hydrogen-bond donors (Lipinski definition) is 2. The number of hydrogen-bond acceptors (Lipinski definition) is 6. The number of rotatable bonds is 7. The van der Waals surface area contributed by atoms with Crippen LogP contribution in [0.4, 0.5) is 10.5 Å². The highest BCUT2D eigenvalue weighted by molar-refractivity contribution is 7.89. The van der Waals surface area contributed by atoms with Crippen LogP contribution in [0, 0.1) is 0 Å². The predicted molar refractivity (Wildman–Crippen MR) is 101 cm³/mol. The van der Waals surface area contributed by atoms with Crippen molar-refractivity contribution in [3.05, 3.63) is 18.2 Å². The number of aliphatic hydroxyl groups excluding tert-OH is 1. The Hall–Kier alpha value is -1.88. The Balaban J connectivity index is 2.30. The molecule has 2 amide bonds. The molecule has 1 heterocycles. The number of sulfonamides is 1. The lowest BCUT2D eigenvalue weighted by Crippen LogP contribution is -2.50. The summed E-state index contributed by atoms with van der Waals surface area (Å²) in [5.41, 5.74) is 0.277. The zero-order chi connectivity index (χ0) is 20.0. The first kappa shape index (κ1) is 21.4.